The van der Waals surface area contributed by atoms with Crippen molar-refractivity contribution in [3.63, 3.8) is 0 Å². The molecule has 0 unspecified atom stereocenters. The standard InChI is InChI=1S/C14H20N2O3S/c1-5-6-16(20(4,18)19)10-14(17)15-13-8-11(2)7-12(3)9-13/h5,7-9H,1,6,10H2,2-4H3,(H,15,17). The SMILES string of the molecule is C=CCN(CC(=O)Nc1cc(C)cc(C)c1)S(C)(=O)=O. The van der Waals surface area contributed by atoms with Gasteiger partial charge in [-0.15, -0.1) is 6.58 Å². The molecule has 1 aromatic rings. The van der Waals surface area contributed by atoms with Crippen LogP contribution in [0.2, 0.25) is 0 Å². The normalized spacial score (nSPS) is 11.4. The molecule has 1 aromatic carbocycles. The molecule has 0 spiro atoms. The number of hydrogen-bond acceptors (Lipinski definition) is 3. The summed E-state index contributed by atoms with van der Waals surface area (Å²) in [4.78, 5) is 11.9. The minimum Gasteiger partial charge on any atom is -0.325 e. The van der Waals surface area contributed by atoms with Crippen LogP contribution in [0.3, 0.4) is 0 Å². The lowest BCUT2D eigenvalue weighted by Gasteiger charge is -2.17. The lowest BCUT2D eigenvalue weighted by molar-refractivity contribution is -0.116. The van der Waals surface area contributed by atoms with Crippen LogP contribution in [0.25, 0.3) is 0 Å². The fraction of sp³-hybridized carbons (Fsp3) is 0.357. The largest absolute Gasteiger partial charge is 0.325 e. The van der Waals surface area contributed by atoms with E-state index in [9.17, 15) is 13.2 Å². The Kier molecular flexibility index (Phi) is 5.47. The van der Waals surface area contributed by atoms with Gasteiger partial charge >= 0.3 is 0 Å². The molecule has 0 aliphatic heterocycles. The molecule has 0 fully saturated rings. The molecule has 0 saturated heterocycles. The Bertz CT molecular complexity index is 589. The maximum Gasteiger partial charge on any atom is 0.239 e. The number of benzene rings is 1. The molecule has 0 aromatic heterocycles. The van der Waals surface area contributed by atoms with Crippen molar-refractivity contribution < 1.29 is 13.2 Å². The predicted octanol–water partition coefficient (Wildman–Crippen LogP) is 1.69. The summed E-state index contributed by atoms with van der Waals surface area (Å²) >= 11 is 0. The summed E-state index contributed by atoms with van der Waals surface area (Å²) in [5.41, 5.74) is 2.73. The number of nitrogens with one attached hydrogen (secondary N) is 1. The molecule has 5 nitrogen and oxygen atoms in total. The van der Waals surface area contributed by atoms with Crippen LogP contribution in [0.4, 0.5) is 5.69 Å². The summed E-state index contributed by atoms with van der Waals surface area (Å²) < 4.78 is 24.1. The Labute approximate surface area is 120 Å². The first-order valence-corrected chi connectivity index (χ1v) is 8.01. The van der Waals surface area contributed by atoms with E-state index in [2.05, 4.69) is 11.9 Å². The van der Waals surface area contributed by atoms with E-state index in [4.69, 9.17) is 0 Å². The Balaban J connectivity index is 2.78. The molecule has 110 valence electrons. The maximum absolute atomic E-state index is 11.9. The van der Waals surface area contributed by atoms with Crippen LogP contribution in [-0.2, 0) is 14.8 Å². The number of carbonyl (C=O) groups is 1. The number of anilines is 1. The summed E-state index contributed by atoms with van der Waals surface area (Å²) in [7, 11) is -3.43. The van der Waals surface area contributed by atoms with Crippen LogP contribution < -0.4 is 5.32 Å². The van der Waals surface area contributed by atoms with E-state index in [0.29, 0.717) is 5.69 Å². The highest BCUT2D eigenvalue weighted by Gasteiger charge is 2.18. The van der Waals surface area contributed by atoms with Crippen molar-refractivity contribution >= 4 is 21.6 Å². The zero-order chi connectivity index (χ0) is 15.3. The van der Waals surface area contributed by atoms with Crippen LogP contribution in [0.1, 0.15) is 11.1 Å². The molecule has 0 bridgehead atoms. The third-order valence-corrected chi connectivity index (χ3v) is 3.84. The van der Waals surface area contributed by atoms with Crippen molar-refractivity contribution in [2.75, 3.05) is 24.7 Å². The van der Waals surface area contributed by atoms with E-state index in [0.717, 1.165) is 21.7 Å². The van der Waals surface area contributed by atoms with Gasteiger partial charge in [-0.1, -0.05) is 12.1 Å². The van der Waals surface area contributed by atoms with Gasteiger partial charge in [0, 0.05) is 12.2 Å². The zero-order valence-electron chi connectivity index (χ0n) is 12.0. The summed E-state index contributed by atoms with van der Waals surface area (Å²) in [6, 6.07) is 5.67. The van der Waals surface area contributed by atoms with Crippen LogP contribution in [-0.4, -0.2) is 38.0 Å². The van der Waals surface area contributed by atoms with Gasteiger partial charge in [-0.2, -0.15) is 4.31 Å². The molecule has 0 heterocycles. The number of rotatable bonds is 6. The predicted molar refractivity (Wildman–Crippen MR) is 81.2 cm³/mol. The van der Waals surface area contributed by atoms with Gasteiger partial charge in [-0.05, 0) is 37.1 Å². The third kappa shape index (κ3) is 5.14. The highest BCUT2D eigenvalue weighted by atomic mass is 32.2. The molecule has 0 radical (unpaired) electrons. The van der Waals surface area contributed by atoms with Gasteiger partial charge in [0.1, 0.15) is 0 Å². The maximum atomic E-state index is 11.9. The molecule has 6 heteroatoms. The van der Waals surface area contributed by atoms with Crippen molar-refractivity contribution in [2.45, 2.75) is 13.8 Å². The molecule has 0 atom stereocenters. The molecule has 20 heavy (non-hydrogen) atoms. The van der Waals surface area contributed by atoms with E-state index < -0.39 is 10.0 Å². The van der Waals surface area contributed by atoms with Gasteiger partial charge in [0.25, 0.3) is 0 Å². The highest BCUT2D eigenvalue weighted by molar-refractivity contribution is 7.88. The third-order valence-electron chi connectivity index (χ3n) is 2.63. The Hall–Kier alpha value is -1.66. The van der Waals surface area contributed by atoms with E-state index in [1.807, 2.05) is 32.0 Å². The molecule has 1 rings (SSSR count). The first-order valence-electron chi connectivity index (χ1n) is 6.16. The second kappa shape index (κ2) is 6.67. The summed E-state index contributed by atoms with van der Waals surface area (Å²) in [6.07, 6.45) is 2.52. The van der Waals surface area contributed by atoms with Crippen LogP contribution >= 0.6 is 0 Å². The number of hydrogen-bond donors (Lipinski definition) is 1. The smallest absolute Gasteiger partial charge is 0.239 e. The molecule has 0 aliphatic rings. The summed E-state index contributed by atoms with van der Waals surface area (Å²) in [5.74, 6) is -0.373. The second-order valence-electron chi connectivity index (χ2n) is 4.77. The van der Waals surface area contributed by atoms with Crippen molar-refractivity contribution in [1.82, 2.24) is 4.31 Å². The summed E-state index contributed by atoms with van der Waals surface area (Å²) in [5, 5.41) is 2.71. The topological polar surface area (TPSA) is 66.5 Å². The van der Waals surface area contributed by atoms with Crippen LogP contribution in [0.15, 0.2) is 30.9 Å². The van der Waals surface area contributed by atoms with Gasteiger partial charge in [0.2, 0.25) is 15.9 Å². The molecular formula is C14H20N2O3S. The van der Waals surface area contributed by atoms with Gasteiger partial charge in [0.05, 0.1) is 12.8 Å². The van der Waals surface area contributed by atoms with Crippen LogP contribution in [0.5, 0.6) is 0 Å². The number of sulfonamides is 1. The van der Waals surface area contributed by atoms with Gasteiger partial charge in [-0.25, -0.2) is 8.42 Å². The molecular weight excluding hydrogens is 276 g/mol. The first-order chi connectivity index (χ1) is 9.22. The molecule has 0 saturated carbocycles. The van der Waals surface area contributed by atoms with Gasteiger partial charge < -0.3 is 5.32 Å². The monoisotopic (exact) mass is 296 g/mol. The number of carbonyl (C=O) groups excluding carboxylic acids is 1. The zero-order valence-corrected chi connectivity index (χ0v) is 12.8. The van der Waals surface area contributed by atoms with Crippen molar-refractivity contribution in [2.24, 2.45) is 0 Å². The van der Waals surface area contributed by atoms with E-state index in [1.54, 1.807) is 0 Å². The lowest BCUT2D eigenvalue weighted by Crippen LogP contribution is -2.37. The number of amides is 1. The average molecular weight is 296 g/mol. The molecule has 1 amide bonds. The number of aryl methyl sites for hydroxylation is 2. The van der Waals surface area contributed by atoms with Crippen molar-refractivity contribution in [3.8, 4) is 0 Å². The Morgan fingerprint density at radius 2 is 1.85 bits per heavy atom. The molecule has 1 N–H and O–H groups in total. The second-order valence-corrected chi connectivity index (χ2v) is 6.75. The minimum absolute atomic E-state index is 0.110. The van der Waals surface area contributed by atoms with Crippen LogP contribution in [0, 0.1) is 13.8 Å². The van der Waals surface area contributed by atoms with Crippen molar-refractivity contribution in [3.05, 3.63) is 42.0 Å². The Morgan fingerprint density at radius 1 is 1.30 bits per heavy atom. The van der Waals surface area contributed by atoms with Gasteiger partial charge in [0.15, 0.2) is 0 Å². The minimum atomic E-state index is -3.43. The lowest BCUT2D eigenvalue weighted by atomic mass is 10.1. The van der Waals surface area contributed by atoms with E-state index in [1.165, 1.54) is 6.08 Å². The van der Waals surface area contributed by atoms with Crippen molar-refractivity contribution in [1.29, 1.82) is 0 Å². The highest BCUT2D eigenvalue weighted by Crippen LogP contribution is 2.13. The van der Waals surface area contributed by atoms with Gasteiger partial charge in [-0.3, -0.25) is 4.79 Å². The van der Waals surface area contributed by atoms with E-state index >= 15 is 0 Å². The summed E-state index contributed by atoms with van der Waals surface area (Å²) in [6.45, 7) is 7.24. The fourth-order valence-corrected chi connectivity index (χ4v) is 2.60. The molecule has 0 aliphatic carbocycles. The Morgan fingerprint density at radius 3 is 2.30 bits per heavy atom. The van der Waals surface area contributed by atoms with E-state index in [-0.39, 0.29) is 19.0 Å². The first kappa shape index (κ1) is 16.4. The average Bonchev–Trinajstić information content (AvgIpc) is 2.25. The number of nitrogens with zero attached hydrogens (tertiary/aromatic N) is 1. The quantitative estimate of drug-likeness (QED) is 0.812. The fourth-order valence-electron chi connectivity index (χ4n) is 1.87.